The molecule has 3 nitrogen and oxygen atoms in total. The van der Waals surface area contributed by atoms with Crippen molar-refractivity contribution in [3.63, 3.8) is 0 Å². The van der Waals surface area contributed by atoms with Gasteiger partial charge in [-0.1, -0.05) is 34.1 Å². The first-order valence-corrected chi connectivity index (χ1v) is 6.77. The lowest BCUT2D eigenvalue weighted by atomic mass is 10.1. The maximum Gasteiger partial charge on any atom is 0.257 e. The molecule has 0 unspecified atom stereocenters. The van der Waals surface area contributed by atoms with Crippen LogP contribution in [0.4, 0.5) is 10.1 Å². The Kier molecular flexibility index (Phi) is 3.28. The van der Waals surface area contributed by atoms with E-state index in [0.29, 0.717) is 10.0 Å². The Balaban J connectivity index is 1.93. The average Bonchev–Trinajstić information content (AvgIpc) is 2.86. The molecule has 0 atom stereocenters. The van der Waals surface area contributed by atoms with Gasteiger partial charge in [-0.15, -0.1) is 0 Å². The molecule has 0 saturated heterocycles. The molecule has 100 valence electrons. The fourth-order valence-corrected chi connectivity index (χ4v) is 2.37. The monoisotopic (exact) mass is 332 g/mol. The summed E-state index contributed by atoms with van der Waals surface area (Å²) in [4.78, 5) is 15.2. The molecule has 5 heteroatoms. The molecule has 2 N–H and O–H groups in total. The molecule has 20 heavy (non-hydrogen) atoms. The molecule has 0 saturated carbocycles. The third kappa shape index (κ3) is 2.32. The van der Waals surface area contributed by atoms with Crippen LogP contribution >= 0.6 is 15.9 Å². The maximum absolute atomic E-state index is 13.7. The molecule has 0 aliphatic carbocycles. The first-order valence-electron chi connectivity index (χ1n) is 5.97. The van der Waals surface area contributed by atoms with Crippen LogP contribution < -0.4 is 5.32 Å². The van der Waals surface area contributed by atoms with E-state index in [1.165, 1.54) is 12.1 Å². The molecule has 1 aromatic heterocycles. The average molecular weight is 333 g/mol. The number of carbonyl (C=O) groups is 1. The molecule has 3 aromatic rings. The molecule has 0 radical (unpaired) electrons. The normalized spacial score (nSPS) is 10.7. The number of hydrogen-bond donors (Lipinski definition) is 2. The van der Waals surface area contributed by atoms with Crippen LogP contribution in [0.25, 0.3) is 10.9 Å². The molecule has 3 rings (SSSR count). The van der Waals surface area contributed by atoms with Crippen molar-refractivity contribution in [3.05, 3.63) is 64.5 Å². The van der Waals surface area contributed by atoms with E-state index in [0.717, 1.165) is 10.9 Å². The van der Waals surface area contributed by atoms with Crippen molar-refractivity contribution in [1.82, 2.24) is 4.98 Å². The van der Waals surface area contributed by atoms with Crippen LogP contribution in [0.3, 0.4) is 0 Å². The number of carbonyl (C=O) groups excluding carboxylic acids is 1. The van der Waals surface area contributed by atoms with Crippen molar-refractivity contribution >= 4 is 38.4 Å². The van der Waals surface area contributed by atoms with Crippen molar-refractivity contribution in [2.75, 3.05) is 5.32 Å². The van der Waals surface area contributed by atoms with Gasteiger partial charge in [0.15, 0.2) is 0 Å². The number of hydrogen-bond acceptors (Lipinski definition) is 1. The third-order valence-corrected chi connectivity index (χ3v) is 3.51. The molecule has 0 aliphatic rings. The van der Waals surface area contributed by atoms with Gasteiger partial charge in [0.25, 0.3) is 5.91 Å². The molecular weight excluding hydrogens is 323 g/mol. The summed E-state index contributed by atoms with van der Waals surface area (Å²) in [5.41, 5.74) is 1.51. The van der Waals surface area contributed by atoms with Crippen LogP contribution in [0, 0.1) is 5.82 Å². The summed E-state index contributed by atoms with van der Waals surface area (Å²) in [6.45, 7) is 0. The Morgan fingerprint density at radius 1 is 1.20 bits per heavy atom. The number of fused-ring (bicyclic) bond motifs is 1. The van der Waals surface area contributed by atoms with E-state index >= 15 is 0 Å². The molecule has 0 bridgehead atoms. The molecule has 1 heterocycles. The fraction of sp³-hybridized carbons (Fsp3) is 0. The van der Waals surface area contributed by atoms with Gasteiger partial charge >= 0.3 is 0 Å². The van der Waals surface area contributed by atoms with Gasteiger partial charge in [-0.3, -0.25) is 4.79 Å². The second kappa shape index (κ2) is 5.09. The molecule has 0 aliphatic heterocycles. The minimum Gasteiger partial charge on any atom is -0.360 e. The van der Waals surface area contributed by atoms with Crippen molar-refractivity contribution in [3.8, 4) is 0 Å². The van der Waals surface area contributed by atoms with Crippen LogP contribution in [0.5, 0.6) is 0 Å². The summed E-state index contributed by atoms with van der Waals surface area (Å²) in [6, 6.07) is 12.0. The van der Waals surface area contributed by atoms with E-state index in [1.54, 1.807) is 12.3 Å². The minimum atomic E-state index is -0.479. The number of halogens is 2. The highest BCUT2D eigenvalue weighted by Crippen LogP contribution is 2.22. The largest absolute Gasteiger partial charge is 0.360 e. The van der Waals surface area contributed by atoms with E-state index in [9.17, 15) is 9.18 Å². The molecular formula is C15H10BrFN2O. The number of aromatic amines is 1. The molecule has 1 amide bonds. The number of H-pyrrole nitrogens is 1. The van der Waals surface area contributed by atoms with E-state index in [-0.39, 0.29) is 11.6 Å². The van der Waals surface area contributed by atoms with Gasteiger partial charge in [-0.05, 0) is 24.3 Å². The Morgan fingerprint density at radius 3 is 2.80 bits per heavy atom. The number of benzene rings is 2. The van der Waals surface area contributed by atoms with Crippen LogP contribution in [-0.2, 0) is 0 Å². The second-order valence-electron chi connectivity index (χ2n) is 4.33. The van der Waals surface area contributed by atoms with Crippen LogP contribution in [-0.4, -0.2) is 10.9 Å². The summed E-state index contributed by atoms with van der Waals surface area (Å²) in [5, 5.41) is 3.39. The molecule has 0 spiro atoms. The lowest BCUT2D eigenvalue weighted by Crippen LogP contribution is -2.12. The zero-order valence-electron chi connectivity index (χ0n) is 10.3. The highest BCUT2D eigenvalue weighted by molar-refractivity contribution is 9.10. The lowest BCUT2D eigenvalue weighted by Gasteiger charge is -2.06. The Bertz CT molecular complexity index is 797. The first kappa shape index (κ1) is 12.9. The van der Waals surface area contributed by atoms with Gasteiger partial charge in [0.05, 0.1) is 11.3 Å². The zero-order chi connectivity index (χ0) is 14.1. The zero-order valence-corrected chi connectivity index (χ0v) is 11.9. The van der Waals surface area contributed by atoms with Crippen LogP contribution in [0.2, 0.25) is 0 Å². The standard InChI is InChI=1S/C15H10BrFN2O/c16-9-5-6-14(12(17)7-9)19-15(20)11-8-18-13-4-2-1-3-10(11)13/h1-8,18H,(H,19,20). The van der Waals surface area contributed by atoms with Crippen molar-refractivity contribution < 1.29 is 9.18 Å². The van der Waals surface area contributed by atoms with E-state index in [2.05, 4.69) is 26.2 Å². The highest BCUT2D eigenvalue weighted by Gasteiger charge is 2.13. The van der Waals surface area contributed by atoms with Gasteiger partial charge in [-0.25, -0.2) is 4.39 Å². The number of anilines is 1. The molecule has 0 fully saturated rings. The van der Waals surface area contributed by atoms with Gasteiger partial charge < -0.3 is 10.3 Å². The number of rotatable bonds is 2. The van der Waals surface area contributed by atoms with Crippen LogP contribution in [0.15, 0.2) is 53.1 Å². The summed E-state index contributed by atoms with van der Waals surface area (Å²) in [5.74, 6) is -0.823. The quantitative estimate of drug-likeness (QED) is 0.721. The van der Waals surface area contributed by atoms with Gasteiger partial charge in [-0.2, -0.15) is 0 Å². The predicted molar refractivity (Wildman–Crippen MR) is 80.4 cm³/mol. The summed E-state index contributed by atoms with van der Waals surface area (Å²) < 4.78 is 14.3. The SMILES string of the molecule is O=C(Nc1ccc(Br)cc1F)c1c[nH]c2ccccc12. The van der Waals surface area contributed by atoms with Crippen molar-refractivity contribution in [2.45, 2.75) is 0 Å². The Hall–Kier alpha value is -2.14. The lowest BCUT2D eigenvalue weighted by molar-refractivity contribution is 0.102. The smallest absolute Gasteiger partial charge is 0.257 e. The van der Waals surface area contributed by atoms with Gasteiger partial charge in [0, 0.05) is 21.6 Å². The summed E-state index contributed by atoms with van der Waals surface area (Å²) >= 11 is 3.18. The highest BCUT2D eigenvalue weighted by atomic mass is 79.9. The van der Waals surface area contributed by atoms with Gasteiger partial charge in [0.2, 0.25) is 0 Å². The Morgan fingerprint density at radius 2 is 2.00 bits per heavy atom. The van der Waals surface area contributed by atoms with Crippen molar-refractivity contribution in [1.29, 1.82) is 0 Å². The maximum atomic E-state index is 13.7. The summed E-state index contributed by atoms with van der Waals surface area (Å²) in [6.07, 6.45) is 1.62. The first-order chi connectivity index (χ1) is 9.65. The van der Waals surface area contributed by atoms with Crippen molar-refractivity contribution in [2.24, 2.45) is 0 Å². The topological polar surface area (TPSA) is 44.9 Å². The number of para-hydroxylation sites is 1. The van der Waals surface area contributed by atoms with Gasteiger partial charge in [0.1, 0.15) is 5.82 Å². The third-order valence-electron chi connectivity index (χ3n) is 3.01. The molecule has 2 aromatic carbocycles. The van der Waals surface area contributed by atoms with E-state index in [1.807, 2.05) is 24.3 Å². The van der Waals surface area contributed by atoms with E-state index in [4.69, 9.17) is 0 Å². The Labute approximate surface area is 122 Å². The number of aromatic nitrogens is 1. The number of nitrogens with one attached hydrogen (secondary N) is 2. The number of amides is 1. The summed E-state index contributed by atoms with van der Waals surface area (Å²) in [7, 11) is 0. The second-order valence-corrected chi connectivity index (χ2v) is 5.24. The van der Waals surface area contributed by atoms with Crippen LogP contribution in [0.1, 0.15) is 10.4 Å². The predicted octanol–water partition coefficient (Wildman–Crippen LogP) is 4.32. The van der Waals surface area contributed by atoms with E-state index < -0.39 is 5.82 Å². The minimum absolute atomic E-state index is 0.156. The fourth-order valence-electron chi connectivity index (χ4n) is 2.04.